The Morgan fingerprint density at radius 3 is 2.35 bits per heavy atom. The van der Waals surface area contributed by atoms with Crippen molar-refractivity contribution in [2.24, 2.45) is 0 Å². The lowest BCUT2D eigenvalue weighted by molar-refractivity contribution is -0.137. The van der Waals surface area contributed by atoms with Crippen molar-refractivity contribution in [3.05, 3.63) is 59.4 Å². The molecule has 0 spiro atoms. The highest BCUT2D eigenvalue weighted by Gasteiger charge is 2.33. The van der Waals surface area contributed by atoms with Crippen molar-refractivity contribution in [3.63, 3.8) is 0 Å². The Hall–Kier alpha value is -2.12. The quantitative estimate of drug-likeness (QED) is 0.892. The van der Waals surface area contributed by atoms with Crippen molar-refractivity contribution in [1.82, 2.24) is 0 Å². The molecule has 1 atom stereocenters. The van der Waals surface area contributed by atoms with E-state index in [4.69, 9.17) is 11.6 Å². The number of nitrogens with zero attached hydrogens (tertiary/aromatic N) is 1. The summed E-state index contributed by atoms with van der Waals surface area (Å²) in [5, 5.41) is 9.50. The third kappa shape index (κ3) is 3.62. The molecule has 0 radical (unpaired) electrons. The van der Waals surface area contributed by atoms with Crippen LogP contribution in [0, 0.1) is 5.82 Å². The Morgan fingerprint density at radius 2 is 1.83 bits per heavy atom. The zero-order chi connectivity index (χ0) is 17.2. The first kappa shape index (κ1) is 17.2. The van der Waals surface area contributed by atoms with Gasteiger partial charge in [0.05, 0.1) is 10.6 Å². The van der Waals surface area contributed by atoms with Crippen LogP contribution in [0.1, 0.15) is 6.92 Å². The molecular formula is C15H13ClFNO4S. The molecule has 0 saturated carbocycles. The molecule has 2 rings (SSSR count). The van der Waals surface area contributed by atoms with Crippen LogP contribution >= 0.6 is 11.6 Å². The van der Waals surface area contributed by atoms with Crippen LogP contribution in [0.25, 0.3) is 0 Å². The lowest BCUT2D eigenvalue weighted by Crippen LogP contribution is -2.43. The Bertz CT molecular complexity index is 824. The van der Waals surface area contributed by atoms with Gasteiger partial charge >= 0.3 is 5.97 Å². The van der Waals surface area contributed by atoms with E-state index in [9.17, 15) is 22.7 Å². The molecule has 0 fully saturated rings. The van der Waals surface area contributed by atoms with Crippen LogP contribution in [-0.4, -0.2) is 25.5 Å². The summed E-state index contributed by atoms with van der Waals surface area (Å²) in [6.07, 6.45) is 0. The van der Waals surface area contributed by atoms with Gasteiger partial charge in [0, 0.05) is 5.02 Å². The lowest BCUT2D eigenvalue weighted by Gasteiger charge is -2.28. The fraction of sp³-hybridized carbons (Fsp3) is 0.133. The van der Waals surface area contributed by atoms with Crippen LogP contribution in [0.5, 0.6) is 0 Å². The predicted octanol–water partition coefficient (Wildman–Crippen LogP) is 3.15. The molecular weight excluding hydrogens is 345 g/mol. The Balaban J connectivity index is 2.61. The number of benzene rings is 2. The minimum Gasteiger partial charge on any atom is -0.480 e. The normalized spacial score (nSPS) is 12.7. The molecule has 23 heavy (non-hydrogen) atoms. The van der Waals surface area contributed by atoms with Crippen LogP contribution < -0.4 is 4.31 Å². The van der Waals surface area contributed by atoms with Crippen molar-refractivity contribution < 1.29 is 22.7 Å². The van der Waals surface area contributed by atoms with Gasteiger partial charge in [0.2, 0.25) is 0 Å². The first-order chi connectivity index (χ1) is 10.7. The van der Waals surface area contributed by atoms with Crippen molar-refractivity contribution in [2.45, 2.75) is 17.9 Å². The molecule has 0 aromatic heterocycles. The number of halogens is 2. The van der Waals surface area contributed by atoms with E-state index in [1.807, 2.05) is 0 Å². The number of aliphatic carboxylic acids is 1. The van der Waals surface area contributed by atoms with Gasteiger partial charge in [-0.3, -0.25) is 4.31 Å². The SMILES string of the molecule is CC(C(=O)O)N(c1cccc(Cl)c1)S(=O)(=O)c1ccc(F)cc1. The van der Waals surface area contributed by atoms with Crippen LogP contribution in [-0.2, 0) is 14.8 Å². The lowest BCUT2D eigenvalue weighted by atomic mass is 10.2. The number of carbonyl (C=O) groups is 1. The average molecular weight is 358 g/mol. The third-order valence-corrected chi connectivity index (χ3v) is 5.29. The van der Waals surface area contributed by atoms with Crippen molar-refractivity contribution >= 4 is 33.3 Å². The zero-order valence-corrected chi connectivity index (χ0v) is 13.6. The Kier molecular flexibility index (Phi) is 4.91. The summed E-state index contributed by atoms with van der Waals surface area (Å²) in [6.45, 7) is 1.24. The number of anilines is 1. The number of carboxylic acids is 1. The topological polar surface area (TPSA) is 74.7 Å². The van der Waals surface area contributed by atoms with Gasteiger partial charge in [-0.15, -0.1) is 0 Å². The van der Waals surface area contributed by atoms with Gasteiger partial charge in [-0.2, -0.15) is 0 Å². The summed E-state index contributed by atoms with van der Waals surface area (Å²) in [5.74, 6) is -1.92. The fourth-order valence-corrected chi connectivity index (χ4v) is 3.79. The second kappa shape index (κ2) is 6.55. The van der Waals surface area contributed by atoms with Crippen molar-refractivity contribution in [1.29, 1.82) is 0 Å². The summed E-state index contributed by atoms with van der Waals surface area (Å²) >= 11 is 5.87. The van der Waals surface area contributed by atoms with E-state index in [1.54, 1.807) is 6.07 Å². The second-order valence-electron chi connectivity index (χ2n) is 4.75. The maximum Gasteiger partial charge on any atom is 0.327 e. The number of hydrogen-bond donors (Lipinski definition) is 1. The molecule has 0 aliphatic heterocycles. The highest BCUT2D eigenvalue weighted by Crippen LogP contribution is 2.28. The minimum atomic E-state index is -4.20. The smallest absolute Gasteiger partial charge is 0.327 e. The van der Waals surface area contributed by atoms with Gasteiger partial charge in [-0.05, 0) is 49.4 Å². The highest BCUT2D eigenvalue weighted by molar-refractivity contribution is 7.92. The highest BCUT2D eigenvalue weighted by atomic mass is 35.5. The van der Waals surface area contributed by atoms with E-state index in [0.29, 0.717) is 0 Å². The van der Waals surface area contributed by atoms with E-state index >= 15 is 0 Å². The predicted molar refractivity (Wildman–Crippen MR) is 84.6 cm³/mol. The van der Waals surface area contributed by atoms with Gasteiger partial charge in [0.1, 0.15) is 11.9 Å². The van der Waals surface area contributed by atoms with Gasteiger partial charge in [0.15, 0.2) is 0 Å². The summed E-state index contributed by atoms with van der Waals surface area (Å²) in [7, 11) is -4.20. The molecule has 1 unspecified atom stereocenters. The van der Waals surface area contributed by atoms with Crippen LogP contribution in [0.2, 0.25) is 5.02 Å². The maximum absolute atomic E-state index is 13.0. The van der Waals surface area contributed by atoms with E-state index < -0.39 is 27.9 Å². The standard InChI is InChI=1S/C15H13ClFNO4S/c1-10(15(19)20)18(13-4-2-3-11(16)9-13)23(21,22)14-7-5-12(17)6-8-14/h2-10H,1H3,(H,19,20). The van der Waals surface area contributed by atoms with Gasteiger partial charge in [-0.1, -0.05) is 17.7 Å². The molecule has 0 amide bonds. The van der Waals surface area contributed by atoms with Crippen LogP contribution in [0.3, 0.4) is 0 Å². The molecule has 8 heteroatoms. The summed E-state index contributed by atoms with van der Waals surface area (Å²) in [4.78, 5) is 11.1. The molecule has 0 saturated heterocycles. The third-order valence-electron chi connectivity index (χ3n) is 3.14. The largest absolute Gasteiger partial charge is 0.480 e. The van der Waals surface area contributed by atoms with Gasteiger partial charge in [-0.25, -0.2) is 17.6 Å². The van der Waals surface area contributed by atoms with E-state index in [2.05, 4.69) is 0 Å². The first-order valence-electron chi connectivity index (χ1n) is 6.52. The van der Waals surface area contributed by atoms with Crippen LogP contribution in [0.4, 0.5) is 10.1 Å². The molecule has 0 aliphatic rings. The van der Waals surface area contributed by atoms with Crippen molar-refractivity contribution in [3.8, 4) is 0 Å². The molecule has 0 bridgehead atoms. The average Bonchev–Trinajstić information content (AvgIpc) is 2.47. The monoisotopic (exact) mass is 357 g/mol. The Labute approximate surface area is 138 Å². The summed E-state index contributed by atoms with van der Waals surface area (Å²) in [6, 6.07) is 8.62. The van der Waals surface area contributed by atoms with Gasteiger partial charge in [0.25, 0.3) is 10.0 Å². The molecule has 2 aromatic carbocycles. The van der Waals surface area contributed by atoms with Crippen molar-refractivity contribution in [2.75, 3.05) is 4.31 Å². The number of carboxylic acid groups (broad SMARTS) is 1. The van der Waals surface area contributed by atoms with Gasteiger partial charge < -0.3 is 5.11 Å². The summed E-state index contributed by atoms with van der Waals surface area (Å²) in [5.41, 5.74) is 0.108. The molecule has 122 valence electrons. The molecule has 5 nitrogen and oxygen atoms in total. The minimum absolute atomic E-state index is 0.108. The van der Waals surface area contributed by atoms with Crippen LogP contribution in [0.15, 0.2) is 53.4 Å². The molecule has 2 aromatic rings. The first-order valence-corrected chi connectivity index (χ1v) is 8.33. The van der Waals surface area contributed by atoms with E-state index in [-0.39, 0.29) is 15.6 Å². The number of sulfonamides is 1. The van der Waals surface area contributed by atoms with E-state index in [0.717, 1.165) is 28.6 Å². The second-order valence-corrected chi connectivity index (χ2v) is 7.00. The number of hydrogen-bond acceptors (Lipinski definition) is 3. The summed E-state index contributed by atoms with van der Waals surface area (Å²) < 4.78 is 39.4. The molecule has 0 heterocycles. The molecule has 0 aliphatic carbocycles. The number of rotatable bonds is 5. The molecule has 1 N–H and O–H groups in total. The fourth-order valence-electron chi connectivity index (χ4n) is 2.00. The van der Waals surface area contributed by atoms with E-state index in [1.165, 1.54) is 25.1 Å². The zero-order valence-electron chi connectivity index (χ0n) is 12.0. The maximum atomic E-state index is 13.0. The Morgan fingerprint density at radius 1 is 1.22 bits per heavy atom.